The molecular formula is C12H23ClN2O10Pt. The van der Waals surface area contributed by atoms with Gasteiger partial charge in [0, 0.05) is 6.61 Å². The van der Waals surface area contributed by atoms with Crippen LogP contribution >= 0.6 is 11.6 Å². The second-order valence-corrected chi connectivity index (χ2v) is 5.73. The van der Waals surface area contributed by atoms with Crippen molar-refractivity contribution in [3.05, 3.63) is 12.3 Å². The molecule has 1 rings (SSSR count). The van der Waals surface area contributed by atoms with Crippen molar-refractivity contribution in [3.63, 3.8) is 0 Å². The van der Waals surface area contributed by atoms with Crippen LogP contribution in [-0.2, 0) is 40.1 Å². The average molecular weight is 586 g/mol. The molecule has 0 aromatic heterocycles. The molecule has 0 amide bonds. The number of hydrogen-bond acceptors (Lipinski definition) is 8. The van der Waals surface area contributed by atoms with Gasteiger partial charge in [-0.25, -0.2) is 9.59 Å². The van der Waals surface area contributed by atoms with Crippen LogP contribution in [0.15, 0.2) is 0 Å². The van der Waals surface area contributed by atoms with Crippen molar-refractivity contribution in [2.24, 2.45) is 0 Å². The fourth-order valence-electron chi connectivity index (χ4n) is 2.03. The maximum Gasteiger partial charge on any atom is 2.00 e. The van der Waals surface area contributed by atoms with Gasteiger partial charge in [0.05, 0.1) is 6.61 Å². The van der Waals surface area contributed by atoms with Crippen LogP contribution in [0.5, 0.6) is 0 Å². The van der Waals surface area contributed by atoms with Gasteiger partial charge < -0.3 is 52.4 Å². The third-order valence-corrected chi connectivity index (χ3v) is 3.99. The number of carbonyl (C=O) groups is 2. The van der Waals surface area contributed by atoms with Gasteiger partial charge in [-0.05, 0) is 12.8 Å². The largest absolute Gasteiger partial charge is 2.00 e. The van der Waals surface area contributed by atoms with Crippen LogP contribution in [0.1, 0.15) is 12.8 Å². The van der Waals surface area contributed by atoms with Crippen LogP contribution in [0.3, 0.4) is 0 Å². The van der Waals surface area contributed by atoms with E-state index in [4.69, 9.17) is 36.4 Å². The van der Waals surface area contributed by atoms with Gasteiger partial charge in [0.2, 0.25) is 4.87 Å². The van der Waals surface area contributed by atoms with Crippen molar-refractivity contribution in [2.45, 2.75) is 48.4 Å². The summed E-state index contributed by atoms with van der Waals surface area (Å²) in [4.78, 5) is 19.2. The maximum absolute atomic E-state index is 10.9. The van der Waals surface area contributed by atoms with Gasteiger partial charge in [-0.2, -0.15) is 0 Å². The maximum atomic E-state index is 10.9. The molecular weight excluding hydrogens is 563 g/mol. The van der Waals surface area contributed by atoms with Crippen LogP contribution < -0.4 is 0 Å². The standard InChI is InChI=1S/C12H19ClO10.2H2N.Pt/c13-12(10(18)19,11(20)21)2-1-3-22-9-8(17)7(16)6(15)5(4-14)23-9;;;/h5-9,14-17H,1-4H2,(H,18,19)(H,20,21);2*1H2;/q;2*-1;+2/t5-,6+,7+,8-,9?;;;/m1.../s1. The van der Waals surface area contributed by atoms with E-state index in [0.717, 1.165) is 0 Å². The number of carboxylic acids is 2. The number of aliphatic carboxylic acids is 2. The predicted molar refractivity (Wildman–Crippen MR) is 83.4 cm³/mol. The zero-order chi connectivity index (χ0) is 17.8. The Labute approximate surface area is 168 Å². The second kappa shape index (κ2) is 12.9. The second-order valence-electron chi connectivity index (χ2n) is 5.08. The van der Waals surface area contributed by atoms with Crippen molar-refractivity contribution in [1.29, 1.82) is 0 Å². The van der Waals surface area contributed by atoms with E-state index >= 15 is 0 Å². The van der Waals surface area contributed by atoms with Crippen LogP contribution in [0.25, 0.3) is 12.3 Å². The fourth-order valence-corrected chi connectivity index (χ4v) is 2.16. The minimum Gasteiger partial charge on any atom is -0.693 e. The Morgan fingerprint density at radius 3 is 1.96 bits per heavy atom. The molecule has 0 aliphatic carbocycles. The fraction of sp³-hybridized carbons (Fsp3) is 0.833. The zero-order valence-corrected chi connectivity index (χ0v) is 16.4. The quantitative estimate of drug-likeness (QED) is 0.117. The third kappa shape index (κ3) is 6.96. The average Bonchev–Trinajstić information content (AvgIpc) is 2.50. The molecule has 26 heavy (non-hydrogen) atoms. The molecule has 0 bridgehead atoms. The number of halogens is 1. The van der Waals surface area contributed by atoms with E-state index in [1.807, 2.05) is 0 Å². The van der Waals surface area contributed by atoms with Crippen molar-refractivity contribution < 1.29 is 70.8 Å². The molecule has 0 saturated carbocycles. The molecule has 0 aromatic carbocycles. The first-order chi connectivity index (χ1) is 10.6. The van der Waals surface area contributed by atoms with Gasteiger partial charge >= 0.3 is 33.0 Å². The first-order valence-corrected chi connectivity index (χ1v) is 7.10. The number of nitrogens with two attached hydrogens (primary N) is 2. The normalized spacial score (nSPS) is 28.1. The molecule has 0 radical (unpaired) electrons. The summed E-state index contributed by atoms with van der Waals surface area (Å²) in [5.74, 6) is -3.42. The Hall–Kier alpha value is -0.402. The van der Waals surface area contributed by atoms with Gasteiger partial charge in [0.25, 0.3) is 0 Å². The van der Waals surface area contributed by atoms with E-state index in [-0.39, 0.29) is 46.4 Å². The number of carboxylic acid groups (broad SMARTS) is 2. The molecule has 10 N–H and O–H groups in total. The van der Waals surface area contributed by atoms with Crippen molar-refractivity contribution >= 4 is 23.5 Å². The minimum atomic E-state index is -2.49. The molecule has 1 aliphatic heterocycles. The van der Waals surface area contributed by atoms with Crippen LogP contribution in [0.2, 0.25) is 0 Å². The molecule has 14 heteroatoms. The Bertz CT molecular complexity index is 430. The summed E-state index contributed by atoms with van der Waals surface area (Å²) in [5, 5.41) is 55.5. The molecule has 1 unspecified atom stereocenters. The first-order valence-electron chi connectivity index (χ1n) is 6.73. The van der Waals surface area contributed by atoms with Gasteiger partial charge in [-0.15, -0.1) is 0 Å². The van der Waals surface area contributed by atoms with Crippen LogP contribution in [0, 0.1) is 0 Å². The molecule has 1 saturated heterocycles. The topological polar surface area (TPSA) is 241 Å². The molecule has 158 valence electrons. The van der Waals surface area contributed by atoms with Crippen LogP contribution in [0.4, 0.5) is 0 Å². The van der Waals surface area contributed by atoms with Crippen molar-refractivity contribution in [2.75, 3.05) is 13.2 Å². The summed E-state index contributed by atoms with van der Waals surface area (Å²) in [6, 6.07) is 0. The Kier molecular flexibility index (Phi) is 15.0. The molecule has 1 aliphatic rings. The van der Waals surface area contributed by atoms with E-state index in [1.165, 1.54) is 0 Å². The number of aliphatic hydroxyl groups is 4. The molecule has 0 spiro atoms. The van der Waals surface area contributed by atoms with Crippen molar-refractivity contribution in [1.82, 2.24) is 0 Å². The molecule has 12 nitrogen and oxygen atoms in total. The van der Waals surface area contributed by atoms with E-state index in [9.17, 15) is 24.9 Å². The van der Waals surface area contributed by atoms with E-state index in [2.05, 4.69) is 0 Å². The smallest absolute Gasteiger partial charge is 0.693 e. The Balaban J connectivity index is -0.00000176. The summed E-state index contributed by atoms with van der Waals surface area (Å²) in [6.45, 7) is -0.842. The van der Waals surface area contributed by atoms with Crippen molar-refractivity contribution in [3.8, 4) is 0 Å². The van der Waals surface area contributed by atoms with Crippen LogP contribution in [-0.4, -0.2) is 91.4 Å². The zero-order valence-electron chi connectivity index (χ0n) is 13.4. The third-order valence-electron chi connectivity index (χ3n) is 3.47. The van der Waals surface area contributed by atoms with E-state index < -0.39 is 60.5 Å². The Morgan fingerprint density at radius 1 is 1.04 bits per heavy atom. The van der Waals surface area contributed by atoms with Gasteiger partial charge in [-0.1, -0.05) is 11.6 Å². The molecule has 1 fully saturated rings. The summed E-state index contributed by atoms with van der Waals surface area (Å²) >= 11 is 5.51. The van der Waals surface area contributed by atoms with Gasteiger partial charge in [0.15, 0.2) is 6.29 Å². The minimum absolute atomic E-state index is 0. The Morgan fingerprint density at radius 2 is 1.54 bits per heavy atom. The van der Waals surface area contributed by atoms with E-state index in [1.54, 1.807) is 0 Å². The summed E-state index contributed by atoms with van der Waals surface area (Å²) in [5.41, 5.74) is 0. The summed E-state index contributed by atoms with van der Waals surface area (Å²) in [7, 11) is 0. The number of rotatable bonds is 8. The van der Waals surface area contributed by atoms with E-state index in [0.29, 0.717) is 0 Å². The predicted octanol–water partition coefficient (Wildman–Crippen LogP) is -0.838. The number of ether oxygens (including phenoxy) is 2. The molecule has 0 aromatic rings. The summed E-state index contributed by atoms with van der Waals surface area (Å²) < 4.78 is 10.2. The monoisotopic (exact) mass is 585 g/mol. The first kappa shape index (κ1) is 30.3. The number of alkyl halides is 1. The van der Waals surface area contributed by atoms with Gasteiger partial charge in [0.1, 0.15) is 24.4 Å². The summed E-state index contributed by atoms with van der Waals surface area (Å²) in [6.07, 6.45) is -7.75. The SMILES string of the molecule is O=C(O)C(Cl)(CCCOC1O[C@H](CO)[C@H](O)[C@H](O)[C@H]1O)C(=O)O.[NH2-].[NH2-].[Pt+2]. The molecule has 1 heterocycles. The number of aliphatic hydroxyl groups excluding tert-OH is 4. The molecule has 5 atom stereocenters. The van der Waals surface area contributed by atoms with Gasteiger partial charge in [-0.3, -0.25) is 0 Å². The number of hydrogen-bond donors (Lipinski definition) is 6.